The molecule has 2 amide bonds. The van der Waals surface area contributed by atoms with Crippen molar-refractivity contribution in [3.05, 3.63) is 70.1 Å². The molecule has 0 bridgehead atoms. The van der Waals surface area contributed by atoms with Crippen molar-refractivity contribution in [1.82, 2.24) is 10.4 Å². The number of aryl methyl sites for hydroxylation is 1. The zero-order valence-electron chi connectivity index (χ0n) is 16.6. The second-order valence-electron chi connectivity index (χ2n) is 6.59. The normalized spacial score (nSPS) is 15.1. The molecule has 0 atom stereocenters. The molecular formula is C22H23N3O2S2. The number of hydrogen-bond acceptors (Lipinski definition) is 5. The van der Waals surface area contributed by atoms with E-state index in [4.69, 9.17) is 12.2 Å². The zero-order valence-corrected chi connectivity index (χ0v) is 18.3. The predicted molar refractivity (Wildman–Crippen MR) is 124 cm³/mol. The van der Waals surface area contributed by atoms with Gasteiger partial charge in [0.2, 0.25) is 0 Å². The molecule has 0 saturated carbocycles. The summed E-state index contributed by atoms with van der Waals surface area (Å²) in [6.45, 7) is 8.06. The summed E-state index contributed by atoms with van der Waals surface area (Å²) in [7, 11) is 0. The number of thioether (sulfide) groups is 1. The van der Waals surface area contributed by atoms with Crippen LogP contribution in [0, 0.1) is 6.92 Å². The Labute approximate surface area is 180 Å². The van der Waals surface area contributed by atoms with Crippen LogP contribution < -0.4 is 10.3 Å². The molecule has 2 aromatic carbocycles. The number of rotatable bonds is 6. The van der Waals surface area contributed by atoms with Crippen molar-refractivity contribution in [1.29, 1.82) is 0 Å². The van der Waals surface area contributed by atoms with E-state index in [0.29, 0.717) is 14.8 Å². The molecular weight excluding hydrogens is 402 g/mol. The average Bonchev–Trinajstić information content (AvgIpc) is 2.98. The van der Waals surface area contributed by atoms with Crippen molar-refractivity contribution in [2.75, 3.05) is 18.0 Å². The summed E-state index contributed by atoms with van der Waals surface area (Å²) in [5.41, 5.74) is 6.19. The molecule has 3 rings (SSSR count). The monoisotopic (exact) mass is 425 g/mol. The van der Waals surface area contributed by atoms with Gasteiger partial charge in [-0.25, -0.2) is 0 Å². The number of benzene rings is 2. The number of nitrogens with one attached hydrogen (secondary N) is 1. The van der Waals surface area contributed by atoms with Gasteiger partial charge in [-0.3, -0.25) is 15.0 Å². The lowest BCUT2D eigenvalue weighted by Crippen LogP contribution is -2.44. The maximum absolute atomic E-state index is 12.7. The van der Waals surface area contributed by atoms with Crippen molar-refractivity contribution in [3.63, 3.8) is 0 Å². The minimum atomic E-state index is -0.369. The molecule has 2 aromatic rings. The van der Waals surface area contributed by atoms with E-state index in [1.54, 1.807) is 18.2 Å². The Bertz CT molecular complexity index is 949. The smallest absolute Gasteiger partial charge is 0.285 e. The number of anilines is 1. The Balaban J connectivity index is 1.72. The van der Waals surface area contributed by atoms with E-state index in [1.165, 1.54) is 11.8 Å². The van der Waals surface area contributed by atoms with E-state index in [9.17, 15) is 9.59 Å². The molecule has 150 valence electrons. The third-order valence-corrected chi connectivity index (χ3v) is 5.94. The maximum atomic E-state index is 12.7. The number of carbonyl (C=O) groups excluding carboxylic acids is 2. The first-order valence-electron chi connectivity index (χ1n) is 9.43. The summed E-state index contributed by atoms with van der Waals surface area (Å²) in [5.74, 6) is -0.695. The van der Waals surface area contributed by atoms with Gasteiger partial charge in [0.1, 0.15) is 0 Å². The molecule has 0 spiro atoms. The number of nitrogens with zero attached hydrogens (tertiary/aromatic N) is 2. The SMILES string of the molecule is CCN(CC)c1ccc(C=C2SC(=S)N(NC(=O)c3ccc(C)cc3)C2=O)cc1. The molecule has 0 radical (unpaired) electrons. The second kappa shape index (κ2) is 9.24. The molecule has 1 fully saturated rings. The topological polar surface area (TPSA) is 52.6 Å². The zero-order chi connectivity index (χ0) is 21.0. The number of hydrazine groups is 1. The van der Waals surface area contributed by atoms with Crippen LogP contribution in [0.3, 0.4) is 0 Å². The van der Waals surface area contributed by atoms with E-state index in [1.807, 2.05) is 43.3 Å². The molecule has 1 heterocycles. The molecule has 1 aliphatic rings. The van der Waals surface area contributed by atoms with Gasteiger partial charge >= 0.3 is 0 Å². The van der Waals surface area contributed by atoms with Gasteiger partial charge in [0.05, 0.1) is 4.91 Å². The Morgan fingerprint density at radius 3 is 2.31 bits per heavy atom. The number of hydrogen-bond donors (Lipinski definition) is 1. The summed E-state index contributed by atoms with van der Waals surface area (Å²) in [6.07, 6.45) is 1.79. The highest BCUT2D eigenvalue weighted by Gasteiger charge is 2.33. The Kier molecular flexibility index (Phi) is 6.71. The highest BCUT2D eigenvalue weighted by molar-refractivity contribution is 8.26. The third-order valence-electron chi connectivity index (χ3n) is 4.64. The molecule has 7 heteroatoms. The van der Waals surface area contributed by atoms with Crippen LogP contribution in [0.4, 0.5) is 5.69 Å². The number of amides is 2. The summed E-state index contributed by atoms with van der Waals surface area (Å²) < 4.78 is 0.307. The van der Waals surface area contributed by atoms with Crippen LogP contribution in [0.5, 0.6) is 0 Å². The molecule has 0 aromatic heterocycles. The van der Waals surface area contributed by atoms with Crippen molar-refractivity contribution in [2.45, 2.75) is 20.8 Å². The minimum Gasteiger partial charge on any atom is -0.372 e. The van der Waals surface area contributed by atoms with Crippen molar-refractivity contribution >= 4 is 51.9 Å². The lowest BCUT2D eigenvalue weighted by Gasteiger charge is -2.20. The van der Waals surface area contributed by atoms with Gasteiger partial charge in [-0.15, -0.1) is 0 Å². The van der Waals surface area contributed by atoms with Crippen LogP contribution in [-0.2, 0) is 4.79 Å². The first-order valence-corrected chi connectivity index (χ1v) is 10.7. The van der Waals surface area contributed by atoms with Crippen molar-refractivity contribution in [3.8, 4) is 0 Å². The third kappa shape index (κ3) is 4.86. The van der Waals surface area contributed by atoms with Crippen LogP contribution in [-0.4, -0.2) is 34.2 Å². The van der Waals surface area contributed by atoms with Gasteiger partial charge in [-0.1, -0.05) is 41.6 Å². The number of carbonyl (C=O) groups is 2. The molecule has 0 aliphatic carbocycles. The summed E-state index contributed by atoms with van der Waals surface area (Å²) in [6, 6.07) is 15.2. The lowest BCUT2D eigenvalue weighted by molar-refractivity contribution is -0.123. The summed E-state index contributed by atoms with van der Waals surface area (Å²) >= 11 is 6.47. The highest BCUT2D eigenvalue weighted by Crippen LogP contribution is 2.31. The van der Waals surface area contributed by atoms with Gasteiger partial charge in [-0.05, 0) is 68.9 Å². The molecule has 1 saturated heterocycles. The minimum absolute atomic E-state index is 0.307. The molecule has 29 heavy (non-hydrogen) atoms. The van der Waals surface area contributed by atoms with Crippen LogP contribution in [0.25, 0.3) is 6.08 Å². The lowest BCUT2D eigenvalue weighted by atomic mass is 10.1. The second-order valence-corrected chi connectivity index (χ2v) is 8.26. The van der Waals surface area contributed by atoms with Gasteiger partial charge in [0.15, 0.2) is 4.32 Å². The first kappa shape index (κ1) is 21.1. The van der Waals surface area contributed by atoms with Crippen molar-refractivity contribution < 1.29 is 9.59 Å². The summed E-state index contributed by atoms with van der Waals surface area (Å²) in [5, 5.41) is 1.14. The summed E-state index contributed by atoms with van der Waals surface area (Å²) in [4.78, 5) is 27.9. The van der Waals surface area contributed by atoms with Gasteiger partial charge in [0.25, 0.3) is 11.8 Å². The highest BCUT2D eigenvalue weighted by atomic mass is 32.2. The van der Waals surface area contributed by atoms with Gasteiger partial charge < -0.3 is 4.90 Å². The quantitative estimate of drug-likeness (QED) is 0.550. The molecule has 5 nitrogen and oxygen atoms in total. The molecule has 0 unspecified atom stereocenters. The van der Waals surface area contributed by atoms with Crippen LogP contribution in [0.2, 0.25) is 0 Å². The fourth-order valence-corrected chi connectivity index (χ4v) is 4.14. The fraction of sp³-hybridized carbons (Fsp3) is 0.227. The maximum Gasteiger partial charge on any atom is 0.285 e. The van der Waals surface area contributed by atoms with Crippen LogP contribution in [0.15, 0.2) is 53.4 Å². The fourth-order valence-electron chi connectivity index (χ4n) is 2.96. The molecule has 1 aliphatic heterocycles. The molecule has 1 N–H and O–H groups in total. The van der Waals surface area contributed by atoms with Gasteiger partial charge in [-0.2, -0.15) is 5.01 Å². The standard InChI is InChI=1S/C22H23N3O2S2/c1-4-24(5-2)18-12-8-16(9-13-18)14-19-21(27)25(22(28)29-19)23-20(26)17-10-6-15(3)7-11-17/h6-14H,4-5H2,1-3H3,(H,23,26). The van der Waals surface area contributed by atoms with Gasteiger partial charge in [0, 0.05) is 24.3 Å². The van der Waals surface area contributed by atoms with Crippen LogP contribution >= 0.6 is 24.0 Å². The Hall–Kier alpha value is -2.64. The average molecular weight is 426 g/mol. The van der Waals surface area contributed by atoms with E-state index in [2.05, 4.69) is 24.2 Å². The van der Waals surface area contributed by atoms with E-state index < -0.39 is 0 Å². The van der Waals surface area contributed by atoms with Crippen molar-refractivity contribution in [2.24, 2.45) is 0 Å². The predicted octanol–water partition coefficient (Wildman–Crippen LogP) is 4.39. The van der Waals surface area contributed by atoms with E-state index in [0.717, 1.165) is 34.9 Å². The Morgan fingerprint density at radius 2 is 1.72 bits per heavy atom. The Morgan fingerprint density at radius 1 is 1.10 bits per heavy atom. The first-order chi connectivity index (χ1) is 13.9. The van der Waals surface area contributed by atoms with E-state index >= 15 is 0 Å². The number of thiocarbonyl (C=S) groups is 1. The van der Waals surface area contributed by atoms with Crippen LogP contribution in [0.1, 0.15) is 35.3 Å². The largest absolute Gasteiger partial charge is 0.372 e. The van der Waals surface area contributed by atoms with E-state index in [-0.39, 0.29) is 11.8 Å².